The second-order valence-electron chi connectivity index (χ2n) is 2.78. The van der Waals surface area contributed by atoms with Crippen LogP contribution >= 0.6 is 7.60 Å². The molecule has 0 unspecified atom stereocenters. The summed E-state index contributed by atoms with van der Waals surface area (Å²) in [4.78, 5) is 28.9. The molecule has 0 bridgehead atoms. The topological polar surface area (TPSA) is 83.8 Å². The minimum absolute atomic E-state index is 0.0738. The molecule has 0 aromatic rings. The molecule has 0 atom stereocenters. The zero-order valence-corrected chi connectivity index (χ0v) is 8.95. The summed E-state index contributed by atoms with van der Waals surface area (Å²) in [5, 5.41) is -0.584. The molecule has 80 valence electrons. The summed E-state index contributed by atoms with van der Waals surface area (Å²) in [5.74, 6) is -1.00. The van der Waals surface area contributed by atoms with Gasteiger partial charge in [0.05, 0.1) is 0 Å². The average Bonchev–Trinajstić information content (AvgIpc) is 1.97. The first-order valence-corrected chi connectivity index (χ1v) is 5.43. The van der Waals surface area contributed by atoms with Gasteiger partial charge >= 0.3 is 13.6 Å². The Morgan fingerprint density at radius 2 is 2.00 bits per heavy atom. The fourth-order valence-corrected chi connectivity index (χ4v) is 1.70. The number of hydrogen-bond acceptors (Lipinski definition) is 3. The lowest BCUT2D eigenvalue weighted by molar-refractivity contribution is -0.137. The Morgan fingerprint density at radius 3 is 2.29 bits per heavy atom. The van der Waals surface area contributed by atoms with Crippen LogP contribution in [-0.2, 0) is 14.1 Å². The molecule has 0 radical (unpaired) electrons. The largest absolute Gasteiger partial charge is 0.458 e. The Bertz CT molecular complexity index is 308. The van der Waals surface area contributed by atoms with Crippen LogP contribution in [0.15, 0.2) is 23.5 Å². The third-order valence-corrected chi connectivity index (χ3v) is 2.50. The van der Waals surface area contributed by atoms with Crippen LogP contribution in [0.4, 0.5) is 0 Å². The lowest BCUT2D eigenvalue weighted by Gasteiger charge is -2.09. The van der Waals surface area contributed by atoms with Gasteiger partial charge in [0, 0.05) is 0 Å². The van der Waals surface area contributed by atoms with E-state index in [-0.39, 0.29) is 12.2 Å². The molecule has 0 fully saturated rings. The van der Waals surface area contributed by atoms with E-state index >= 15 is 0 Å². The Morgan fingerprint density at radius 1 is 1.50 bits per heavy atom. The molecule has 0 aliphatic heterocycles. The maximum absolute atomic E-state index is 11.2. The lowest BCUT2D eigenvalue weighted by atomic mass is 10.3. The van der Waals surface area contributed by atoms with Crippen LogP contribution in [-0.4, -0.2) is 22.4 Å². The van der Waals surface area contributed by atoms with Crippen molar-refractivity contribution in [2.24, 2.45) is 0 Å². The Balaban J connectivity index is 4.90. The first-order chi connectivity index (χ1) is 6.30. The molecule has 6 heteroatoms. The molecule has 0 aromatic carbocycles. The van der Waals surface area contributed by atoms with E-state index < -0.39 is 18.9 Å². The Hall–Kier alpha value is -0.900. The van der Waals surface area contributed by atoms with Crippen molar-refractivity contribution in [3.8, 4) is 0 Å². The van der Waals surface area contributed by atoms with E-state index in [0.29, 0.717) is 0 Å². The van der Waals surface area contributed by atoms with Gasteiger partial charge in [-0.2, -0.15) is 0 Å². The highest BCUT2D eigenvalue weighted by molar-refractivity contribution is 7.58. The third kappa shape index (κ3) is 3.87. The van der Waals surface area contributed by atoms with Gasteiger partial charge in [0.25, 0.3) is 0 Å². The monoisotopic (exact) mass is 220 g/mol. The second-order valence-corrected chi connectivity index (χ2v) is 4.32. The van der Waals surface area contributed by atoms with E-state index in [0.717, 1.165) is 0 Å². The van der Waals surface area contributed by atoms with Crippen LogP contribution in [0.3, 0.4) is 0 Å². The van der Waals surface area contributed by atoms with Crippen molar-refractivity contribution in [2.45, 2.75) is 13.8 Å². The predicted octanol–water partition coefficient (Wildman–Crippen LogP) is 1.19. The third-order valence-electron chi connectivity index (χ3n) is 1.29. The summed E-state index contributed by atoms with van der Waals surface area (Å²) in [7, 11) is -4.56. The molecule has 0 aliphatic carbocycles. The molecule has 5 nitrogen and oxygen atoms in total. The summed E-state index contributed by atoms with van der Waals surface area (Å²) >= 11 is 0. The number of hydrogen-bond donors (Lipinski definition) is 2. The first-order valence-electron chi connectivity index (χ1n) is 3.82. The van der Waals surface area contributed by atoms with E-state index in [1.807, 2.05) is 0 Å². The summed E-state index contributed by atoms with van der Waals surface area (Å²) in [6, 6.07) is 0. The molecule has 0 aromatic heterocycles. The van der Waals surface area contributed by atoms with Crippen molar-refractivity contribution in [2.75, 3.05) is 6.61 Å². The van der Waals surface area contributed by atoms with E-state index in [2.05, 4.69) is 11.3 Å². The van der Waals surface area contributed by atoms with Gasteiger partial charge in [-0.3, -0.25) is 4.57 Å². The highest BCUT2D eigenvalue weighted by Crippen LogP contribution is 2.47. The number of allylic oxidation sites excluding steroid dienone is 1. The SMILES string of the molecule is C=CCOC(=O)C(=C(C)C)P(=O)(O)O. The summed E-state index contributed by atoms with van der Waals surface area (Å²) in [6.07, 6.45) is 1.32. The molecule has 0 aliphatic rings. The van der Waals surface area contributed by atoms with Gasteiger partial charge in [-0.25, -0.2) is 4.79 Å². The molecule has 2 N–H and O–H groups in total. The molecule has 0 heterocycles. The summed E-state index contributed by atoms with van der Waals surface area (Å²) in [5.41, 5.74) is 0.243. The van der Waals surface area contributed by atoms with E-state index in [4.69, 9.17) is 9.79 Å². The van der Waals surface area contributed by atoms with Crippen molar-refractivity contribution in [3.05, 3.63) is 23.5 Å². The highest BCUT2D eigenvalue weighted by atomic mass is 31.2. The zero-order valence-electron chi connectivity index (χ0n) is 8.06. The molecular formula is C8H13O5P. The number of rotatable bonds is 4. The second kappa shape index (κ2) is 5.10. The maximum Gasteiger partial charge on any atom is 0.363 e. The number of carbonyl (C=O) groups is 1. The van der Waals surface area contributed by atoms with Gasteiger partial charge in [-0.1, -0.05) is 18.2 Å². The van der Waals surface area contributed by atoms with E-state index in [1.165, 1.54) is 19.9 Å². The average molecular weight is 220 g/mol. The van der Waals surface area contributed by atoms with Gasteiger partial charge in [0.15, 0.2) is 0 Å². The molecule has 14 heavy (non-hydrogen) atoms. The van der Waals surface area contributed by atoms with Gasteiger partial charge in [-0.15, -0.1) is 0 Å². The van der Waals surface area contributed by atoms with Crippen molar-refractivity contribution in [1.29, 1.82) is 0 Å². The highest BCUT2D eigenvalue weighted by Gasteiger charge is 2.30. The summed E-state index contributed by atoms with van der Waals surface area (Å²) in [6.45, 7) is 6.11. The van der Waals surface area contributed by atoms with Crippen LogP contribution in [0.25, 0.3) is 0 Å². The van der Waals surface area contributed by atoms with Crippen LogP contribution in [0.1, 0.15) is 13.8 Å². The molecule has 0 spiro atoms. The molecule has 0 rings (SSSR count). The first kappa shape index (κ1) is 13.1. The van der Waals surface area contributed by atoms with Crippen LogP contribution < -0.4 is 0 Å². The normalized spacial score (nSPS) is 10.6. The fourth-order valence-electron chi connectivity index (χ4n) is 0.817. The quantitative estimate of drug-likeness (QED) is 0.321. The van der Waals surface area contributed by atoms with Gasteiger partial charge < -0.3 is 14.5 Å². The van der Waals surface area contributed by atoms with Gasteiger partial charge in [0.1, 0.15) is 11.9 Å². The van der Waals surface area contributed by atoms with E-state index in [9.17, 15) is 9.36 Å². The van der Waals surface area contributed by atoms with Crippen molar-refractivity contribution < 1.29 is 23.9 Å². The van der Waals surface area contributed by atoms with E-state index in [1.54, 1.807) is 0 Å². The molecular weight excluding hydrogens is 207 g/mol. The summed E-state index contributed by atoms with van der Waals surface area (Å²) < 4.78 is 15.4. The fraction of sp³-hybridized carbons (Fsp3) is 0.375. The number of carbonyl (C=O) groups excluding carboxylic acids is 1. The molecule has 0 amide bonds. The zero-order chi connectivity index (χ0) is 11.4. The van der Waals surface area contributed by atoms with Crippen molar-refractivity contribution in [3.63, 3.8) is 0 Å². The smallest absolute Gasteiger partial charge is 0.363 e. The minimum Gasteiger partial charge on any atom is -0.458 e. The maximum atomic E-state index is 11.2. The standard InChI is InChI=1S/C8H13O5P/c1-4-5-13-8(9)7(6(2)3)14(10,11)12/h4H,1,5H2,2-3H3,(H2,10,11,12). The van der Waals surface area contributed by atoms with Gasteiger partial charge in [0.2, 0.25) is 0 Å². The molecule has 0 saturated heterocycles. The Kier molecular flexibility index (Phi) is 4.77. The molecule has 0 saturated carbocycles. The van der Waals surface area contributed by atoms with Crippen LogP contribution in [0.2, 0.25) is 0 Å². The van der Waals surface area contributed by atoms with Gasteiger partial charge in [-0.05, 0) is 13.8 Å². The lowest BCUT2D eigenvalue weighted by Crippen LogP contribution is -2.09. The number of esters is 1. The van der Waals surface area contributed by atoms with Crippen LogP contribution in [0.5, 0.6) is 0 Å². The predicted molar refractivity (Wildman–Crippen MR) is 51.6 cm³/mol. The minimum atomic E-state index is -4.56. The Labute approximate surface area is 82.2 Å². The van der Waals surface area contributed by atoms with Crippen molar-refractivity contribution >= 4 is 13.6 Å². The van der Waals surface area contributed by atoms with Crippen LogP contribution in [0, 0.1) is 0 Å². The number of ether oxygens (including phenoxy) is 1. The van der Waals surface area contributed by atoms with Crippen molar-refractivity contribution in [1.82, 2.24) is 0 Å².